The first-order valence-electron chi connectivity index (χ1n) is 7.38. The molecular formula is C13H16F3NO4S. The summed E-state index contributed by atoms with van der Waals surface area (Å²) in [6.45, 7) is -0.932. The molecular weight excluding hydrogens is 323 g/mol. The third-order valence-electron chi connectivity index (χ3n) is 6.51. The number of ether oxygens (including phenoxy) is 1. The Bertz CT molecular complexity index is 619. The molecule has 4 saturated carbocycles. The second-order valence-corrected chi connectivity index (χ2v) is 8.72. The Morgan fingerprint density at radius 1 is 1.18 bits per heavy atom. The van der Waals surface area contributed by atoms with Crippen molar-refractivity contribution in [2.75, 3.05) is 13.2 Å². The van der Waals surface area contributed by atoms with Crippen molar-refractivity contribution in [2.24, 2.45) is 28.6 Å². The zero-order valence-corrected chi connectivity index (χ0v) is 12.5. The Morgan fingerprint density at radius 2 is 1.77 bits per heavy atom. The van der Waals surface area contributed by atoms with Gasteiger partial charge in [0, 0.05) is 6.54 Å². The summed E-state index contributed by atoms with van der Waals surface area (Å²) in [5.74, 6) is 1.53. The molecule has 4 aliphatic rings. The highest BCUT2D eigenvalue weighted by Gasteiger charge is 2.90. The van der Waals surface area contributed by atoms with Crippen LogP contribution in [-0.4, -0.2) is 33.0 Å². The molecule has 0 aromatic rings. The molecule has 0 aromatic heterocycles. The third-order valence-corrected chi connectivity index (χ3v) is 7.70. The molecule has 1 N–H and O–H groups in total. The highest BCUT2D eigenvalue weighted by Crippen LogP contribution is 2.93. The fourth-order valence-electron chi connectivity index (χ4n) is 5.82. The van der Waals surface area contributed by atoms with E-state index in [1.165, 1.54) is 17.6 Å². The number of hydrogen-bond donors (Lipinski definition) is 1. The zero-order valence-electron chi connectivity index (χ0n) is 11.6. The van der Waals surface area contributed by atoms with Gasteiger partial charge in [-0.3, -0.25) is 4.79 Å². The van der Waals surface area contributed by atoms with Crippen molar-refractivity contribution in [1.82, 2.24) is 4.72 Å². The minimum Gasteiger partial charge on any atom is -0.464 e. The van der Waals surface area contributed by atoms with E-state index in [0.717, 1.165) is 12.8 Å². The predicted octanol–water partition coefficient (Wildman–Crippen LogP) is 1.41. The van der Waals surface area contributed by atoms with Crippen molar-refractivity contribution in [3.63, 3.8) is 0 Å². The number of sulfonamides is 1. The average Bonchev–Trinajstić information content (AvgIpc) is 2.29. The van der Waals surface area contributed by atoms with Crippen LogP contribution >= 0.6 is 0 Å². The van der Waals surface area contributed by atoms with E-state index in [1.54, 1.807) is 0 Å². The fraction of sp³-hybridized carbons (Fsp3) is 0.923. The SMILES string of the molecule is O=C(OCCNS(=O)(=O)C(F)(F)F)C12CC3CC4CC(C1)C432. The van der Waals surface area contributed by atoms with Gasteiger partial charge in [-0.15, -0.1) is 0 Å². The number of carbonyl (C=O) groups is 1. The molecule has 4 rings (SSSR count). The molecule has 22 heavy (non-hydrogen) atoms. The second-order valence-electron chi connectivity index (χ2n) is 6.96. The summed E-state index contributed by atoms with van der Waals surface area (Å²) in [5, 5.41) is 0. The average molecular weight is 339 g/mol. The number of halogens is 3. The maximum Gasteiger partial charge on any atom is 0.511 e. The summed E-state index contributed by atoms with van der Waals surface area (Å²) in [6, 6.07) is 0. The van der Waals surface area contributed by atoms with Gasteiger partial charge >= 0.3 is 21.5 Å². The smallest absolute Gasteiger partial charge is 0.464 e. The van der Waals surface area contributed by atoms with Gasteiger partial charge in [0.2, 0.25) is 0 Å². The summed E-state index contributed by atoms with van der Waals surface area (Å²) in [7, 11) is -5.37. The van der Waals surface area contributed by atoms with Crippen molar-refractivity contribution in [2.45, 2.75) is 31.2 Å². The van der Waals surface area contributed by atoms with E-state index in [2.05, 4.69) is 0 Å². The van der Waals surface area contributed by atoms with Crippen molar-refractivity contribution >= 4 is 16.0 Å². The van der Waals surface area contributed by atoms with Crippen LogP contribution in [0.15, 0.2) is 0 Å². The summed E-state index contributed by atoms with van der Waals surface area (Å²) in [6.07, 6.45) is 4.04. The summed E-state index contributed by atoms with van der Waals surface area (Å²) < 4.78 is 64.4. The van der Waals surface area contributed by atoms with Crippen LogP contribution in [0.4, 0.5) is 13.2 Å². The fourth-order valence-corrected chi connectivity index (χ4v) is 6.33. The first-order valence-corrected chi connectivity index (χ1v) is 8.86. The minimum absolute atomic E-state index is 0.148. The Labute approximate surface area is 125 Å². The molecule has 0 amide bonds. The monoisotopic (exact) mass is 339 g/mol. The first kappa shape index (κ1) is 14.7. The Morgan fingerprint density at radius 3 is 2.23 bits per heavy atom. The van der Waals surface area contributed by atoms with Gasteiger partial charge < -0.3 is 4.74 Å². The Kier molecular flexibility index (Phi) is 2.67. The largest absolute Gasteiger partial charge is 0.511 e. The van der Waals surface area contributed by atoms with Gasteiger partial charge in [-0.25, -0.2) is 13.1 Å². The molecule has 0 aliphatic heterocycles. The normalized spacial score (nSPS) is 44.4. The molecule has 5 nitrogen and oxygen atoms in total. The van der Waals surface area contributed by atoms with Crippen molar-refractivity contribution in [3.05, 3.63) is 0 Å². The predicted molar refractivity (Wildman–Crippen MR) is 67.7 cm³/mol. The maximum absolute atomic E-state index is 12.3. The van der Waals surface area contributed by atoms with Crippen LogP contribution in [0.1, 0.15) is 25.7 Å². The summed E-state index contributed by atoms with van der Waals surface area (Å²) >= 11 is 0. The standard InChI is InChI=1S/C13H16F3NO4S/c14-13(15,16)22(19,20)17-1-2-21-10(18)11-5-8-3-7-4-9(6-11)12(7,8)11/h7-9,17H,1-6H2. The van der Waals surface area contributed by atoms with Crippen molar-refractivity contribution in [1.29, 1.82) is 0 Å². The van der Waals surface area contributed by atoms with Gasteiger partial charge in [0.15, 0.2) is 0 Å². The van der Waals surface area contributed by atoms with E-state index in [-0.39, 0.29) is 18.0 Å². The molecule has 124 valence electrons. The van der Waals surface area contributed by atoms with E-state index in [9.17, 15) is 26.4 Å². The number of rotatable bonds is 5. The van der Waals surface area contributed by atoms with E-state index in [4.69, 9.17) is 4.74 Å². The molecule has 0 radical (unpaired) electrons. The molecule has 0 heterocycles. The number of nitrogens with one attached hydrogen (secondary N) is 1. The van der Waals surface area contributed by atoms with Gasteiger partial charge in [0.05, 0.1) is 5.41 Å². The molecule has 1 spiro atoms. The number of carbonyl (C=O) groups excluding carboxylic acids is 1. The first-order chi connectivity index (χ1) is 10.2. The summed E-state index contributed by atoms with van der Waals surface area (Å²) in [4.78, 5) is 12.3. The lowest BCUT2D eigenvalue weighted by atomic mass is 9.13. The van der Waals surface area contributed by atoms with Gasteiger partial charge in [0.1, 0.15) is 6.61 Å². The van der Waals surface area contributed by atoms with E-state index in [1.807, 2.05) is 0 Å². The van der Waals surface area contributed by atoms with Gasteiger partial charge in [-0.2, -0.15) is 13.2 Å². The molecule has 9 heteroatoms. The molecule has 4 aliphatic carbocycles. The highest BCUT2D eigenvalue weighted by atomic mass is 32.2. The molecule has 2 atom stereocenters. The number of alkyl halides is 3. The lowest BCUT2D eigenvalue weighted by Gasteiger charge is -2.89. The Hall–Kier alpha value is -0.830. The summed E-state index contributed by atoms with van der Waals surface area (Å²) in [5.41, 5.74) is -5.61. The molecule has 0 aromatic carbocycles. The van der Waals surface area contributed by atoms with Crippen LogP contribution in [0.5, 0.6) is 0 Å². The number of hydrogen-bond acceptors (Lipinski definition) is 4. The third kappa shape index (κ3) is 1.40. The molecule has 0 bridgehead atoms. The molecule has 2 unspecified atom stereocenters. The lowest BCUT2D eigenvalue weighted by molar-refractivity contribution is -0.418. The van der Waals surface area contributed by atoms with Crippen LogP contribution in [0.2, 0.25) is 0 Å². The number of esters is 1. The lowest BCUT2D eigenvalue weighted by Crippen LogP contribution is -2.87. The molecule has 0 saturated heterocycles. The van der Waals surface area contributed by atoms with Crippen molar-refractivity contribution in [3.8, 4) is 0 Å². The quantitative estimate of drug-likeness (QED) is 0.607. The topological polar surface area (TPSA) is 72.5 Å². The van der Waals surface area contributed by atoms with Crippen LogP contribution in [-0.2, 0) is 19.6 Å². The van der Waals surface area contributed by atoms with Crippen LogP contribution in [0.3, 0.4) is 0 Å². The molecule has 4 fully saturated rings. The van der Waals surface area contributed by atoms with Crippen LogP contribution < -0.4 is 4.72 Å². The van der Waals surface area contributed by atoms with Crippen LogP contribution in [0.25, 0.3) is 0 Å². The Balaban J connectivity index is 1.29. The van der Waals surface area contributed by atoms with E-state index >= 15 is 0 Å². The van der Waals surface area contributed by atoms with Crippen molar-refractivity contribution < 1.29 is 31.1 Å². The van der Waals surface area contributed by atoms with Gasteiger partial charge in [0.25, 0.3) is 0 Å². The van der Waals surface area contributed by atoms with Gasteiger partial charge in [-0.05, 0) is 48.9 Å². The maximum atomic E-state index is 12.3. The van der Waals surface area contributed by atoms with E-state index < -0.39 is 27.5 Å². The van der Waals surface area contributed by atoms with Gasteiger partial charge in [-0.1, -0.05) is 0 Å². The van der Waals surface area contributed by atoms with E-state index in [0.29, 0.717) is 17.8 Å². The van der Waals surface area contributed by atoms with Crippen LogP contribution in [0, 0.1) is 28.6 Å². The zero-order chi connectivity index (χ0) is 16.0. The highest BCUT2D eigenvalue weighted by molar-refractivity contribution is 7.90. The second kappa shape index (κ2) is 3.98. The minimum atomic E-state index is -5.37.